The molecule has 200 valence electrons. The van der Waals surface area contributed by atoms with Gasteiger partial charge in [-0.1, -0.05) is 86.0 Å². The fourth-order valence-corrected chi connectivity index (χ4v) is 4.64. The number of ether oxygens (including phenoxy) is 1. The SMILES string of the molecule is C=C(C)c1ccc(C)cc1-c1c(O)cc(CCCCC)c(C(=O)N[C@@H](Cc2ccccc2)C(=O)OC)c1O. The van der Waals surface area contributed by atoms with Crippen LogP contribution in [0.5, 0.6) is 11.5 Å². The maximum atomic E-state index is 13.7. The lowest BCUT2D eigenvalue weighted by Crippen LogP contribution is -2.43. The minimum Gasteiger partial charge on any atom is -0.507 e. The Morgan fingerprint density at radius 3 is 2.39 bits per heavy atom. The van der Waals surface area contributed by atoms with Gasteiger partial charge < -0.3 is 20.3 Å². The van der Waals surface area contributed by atoms with E-state index in [-0.39, 0.29) is 29.0 Å². The Balaban J connectivity index is 2.13. The largest absolute Gasteiger partial charge is 0.507 e. The van der Waals surface area contributed by atoms with Crippen LogP contribution in [0.25, 0.3) is 16.7 Å². The van der Waals surface area contributed by atoms with Crippen LogP contribution < -0.4 is 5.32 Å². The van der Waals surface area contributed by atoms with Crippen LogP contribution in [0.4, 0.5) is 0 Å². The molecule has 0 fully saturated rings. The Bertz CT molecular complexity index is 1310. The highest BCUT2D eigenvalue weighted by molar-refractivity contribution is 6.04. The average molecular weight is 516 g/mol. The van der Waals surface area contributed by atoms with Crippen LogP contribution in [-0.4, -0.2) is 35.2 Å². The summed E-state index contributed by atoms with van der Waals surface area (Å²) in [5.74, 6) is -1.64. The van der Waals surface area contributed by atoms with E-state index < -0.39 is 17.9 Å². The minimum atomic E-state index is -0.958. The van der Waals surface area contributed by atoms with Gasteiger partial charge in [-0.3, -0.25) is 4.79 Å². The van der Waals surface area contributed by atoms with Gasteiger partial charge in [0.25, 0.3) is 5.91 Å². The molecule has 0 aliphatic heterocycles. The molecule has 0 radical (unpaired) electrons. The molecule has 0 saturated heterocycles. The van der Waals surface area contributed by atoms with Gasteiger partial charge in [0.1, 0.15) is 17.5 Å². The van der Waals surface area contributed by atoms with Crippen molar-refractivity contribution in [1.29, 1.82) is 0 Å². The summed E-state index contributed by atoms with van der Waals surface area (Å²) in [6, 6.07) is 15.6. The van der Waals surface area contributed by atoms with Crippen molar-refractivity contribution in [2.45, 2.75) is 58.9 Å². The predicted octanol–water partition coefficient (Wildman–Crippen LogP) is 6.35. The van der Waals surface area contributed by atoms with Crippen molar-refractivity contribution in [3.8, 4) is 22.6 Å². The number of carbonyl (C=O) groups excluding carboxylic acids is 2. The quantitative estimate of drug-likeness (QED) is 0.204. The number of hydrogen-bond acceptors (Lipinski definition) is 5. The molecule has 6 heteroatoms. The van der Waals surface area contributed by atoms with Gasteiger partial charge in [0, 0.05) is 6.42 Å². The lowest BCUT2D eigenvalue weighted by atomic mass is 9.88. The first-order valence-corrected chi connectivity index (χ1v) is 12.9. The van der Waals surface area contributed by atoms with Gasteiger partial charge in [0.15, 0.2) is 0 Å². The number of nitrogens with one attached hydrogen (secondary N) is 1. The number of allylic oxidation sites excluding steroid dienone is 1. The number of hydrogen-bond donors (Lipinski definition) is 3. The third-order valence-corrected chi connectivity index (χ3v) is 6.62. The number of rotatable bonds is 11. The lowest BCUT2D eigenvalue weighted by molar-refractivity contribution is -0.142. The zero-order valence-electron chi connectivity index (χ0n) is 22.6. The topological polar surface area (TPSA) is 95.9 Å². The standard InChI is InChI=1S/C32H37NO5/c1-6-7-9-14-23-19-27(34)29(25-17-21(4)15-16-24(25)20(2)3)30(35)28(23)31(36)33-26(32(37)38-5)18-22-12-10-8-11-13-22/h8,10-13,15-17,19,26,34-35H,2,6-7,9,14,18H2,1,3-5H3,(H,33,36)/t26-/m0/s1. The van der Waals surface area contributed by atoms with Crippen LogP contribution in [-0.2, 0) is 22.4 Å². The Morgan fingerprint density at radius 1 is 1.05 bits per heavy atom. The van der Waals surface area contributed by atoms with Crippen LogP contribution in [0.1, 0.15) is 65.7 Å². The number of amides is 1. The molecule has 6 nitrogen and oxygen atoms in total. The number of phenolic OH excluding ortho intramolecular Hbond substituents is 2. The van der Waals surface area contributed by atoms with Gasteiger partial charge in [0.05, 0.1) is 18.2 Å². The fraction of sp³-hybridized carbons (Fsp3) is 0.312. The zero-order valence-corrected chi connectivity index (χ0v) is 22.6. The molecule has 0 bridgehead atoms. The van der Waals surface area contributed by atoms with Crippen LogP contribution in [0, 0.1) is 6.92 Å². The van der Waals surface area contributed by atoms with Crippen molar-refractivity contribution in [2.24, 2.45) is 0 Å². The summed E-state index contributed by atoms with van der Waals surface area (Å²) in [6.07, 6.45) is 3.40. The minimum absolute atomic E-state index is 0.0463. The van der Waals surface area contributed by atoms with Crippen molar-refractivity contribution in [3.63, 3.8) is 0 Å². The Labute approximate surface area is 225 Å². The lowest BCUT2D eigenvalue weighted by Gasteiger charge is -2.21. The molecule has 0 aliphatic rings. The molecule has 0 spiro atoms. The molecule has 3 rings (SSSR count). The summed E-state index contributed by atoms with van der Waals surface area (Å²) >= 11 is 0. The van der Waals surface area contributed by atoms with E-state index in [1.54, 1.807) is 6.07 Å². The van der Waals surface area contributed by atoms with E-state index in [4.69, 9.17) is 4.74 Å². The van der Waals surface area contributed by atoms with E-state index in [9.17, 15) is 19.8 Å². The highest BCUT2D eigenvalue weighted by Crippen LogP contribution is 2.44. The fourth-order valence-electron chi connectivity index (χ4n) is 4.64. The summed E-state index contributed by atoms with van der Waals surface area (Å²) in [4.78, 5) is 26.4. The van der Waals surface area contributed by atoms with E-state index >= 15 is 0 Å². The number of aromatic hydroxyl groups is 2. The molecule has 3 N–H and O–H groups in total. The monoisotopic (exact) mass is 515 g/mol. The normalized spacial score (nSPS) is 11.6. The van der Waals surface area contributed by atoms with Crippen LogP contribution >= 0.6 is 0 Å². The maximum Gasteiger partial charge on any atom is 0.328 e. The van der Waals surface area contributed by atoms with Crippen molar-refractivity contribution in [2.75, 3.05) is 7.11 Å². The van der Waals surface area contributed by atoms with Crippen molar-refractivity contribution >= 4 is 17.4 Å². The highest BCUT2D eigenvalue weighted by atomic mass is 16.5. The summed E-state index contributed by atoms with van der Waals surface area (Å²) in [6.45, 7) is 9.88. The number of unbranched alkanes of at least 4 members (excludes halogenated alkanes) is 2. The molecule has 3 aromatic carbocycles. The van der Waals surface area contributed by atoms with Gasteiger partial charge in [-0.25, -0.2) is 4.79 Å². The molecule has 38 heavy (non-hydrogen) atoms. The van der Waals surface area contributed by atoms with Crippen molar-refractivity contribution < 1.29 is 24.5 Å². The maximum absolute atomic E-state index is 13.7. The Kier molecular flexibility index (Phi) is 9.72. The molecular weight excluding hydrogens is 478 g/mol. The number of esters is 1. The van der Waals surface area contributed by atoms with Gasteiger partial charge in [-0.05, 0) is 55.0 Å². The van der Waals surface area contributed by atoms with E-state index in [2.05, 4.69) is 18.8 Å². The zero-order chi connectivity index (χ0) is 27.8. The average Bonchev–Trinajstić information content (AvgIpc) is 2.88. The molecule has 1 amide bonds. The first-order valence-electron chi connectivity index (χ1n) is 12.9. The second kappa shape index (κ2) is 13.0. The number of carbonyl (C=O) groups is 2. The van der Waals surface area contributed by atoms with E-state index in [0.29, 0.717) is 17.5 Å². The molecule has 0 unspecified atom stereocenters. The smallest absolute Gasteiger partial charge is 0.328 e. The molecular formula is C32H37NO5. The Morgan fingerprint density at radius 2 is 1.76 bits per heavy atom. The van der Waals surface area contributed by atoms with E-state index in [0.717, 1.165) is 41.5 Å². The van der Waals surface area contributed by atoms with E-state index in [1.165, 1.54) is 7.11 Å². The molecule has 0 saturated carbocycles. The second-order valence-electron chi connectivity index (χ2n) is 9.68. The number of aryl methyl sites for hydroxylation is 2. The first kappa shape index (κ1) is 28.5. The molecule has 3 aromatic rings. The summed E-state index contributed by atoms with van der Waals surface area (Å²) < 4.78 is 4.96. The van der Waals surface area contributed by atoms with E-state index in [1.807, 2.05) is 62.4 Å². The third kappa shape index (κ3) is 6.62. The molecule has 0 heterocycles. The second-order valence-corrected chi connectivity index (χ2v) is 9.68. The summed E-state index contributed by atoms with van der Waals surface area (Å²) in [7, 11) is 1.27. The van der Waals surface area contributed by atoms with Crippen molar-refractivity contribution in [3.05, 3.63) is 89.0 Å². The molecule has 0 aliphatic carbocycles. The predicted molar refractivity (Wildman–Crippen MR) is 151 cm³/mol. The van der Waals surface area contributed by atoms with Gasteiger partial charge >= 0.3 is 5.97 Å². The van der Waals surface area contributed by atoms with Crippen molar-refractivity contribution in [1.82, 2.24) is 5.32 Å². The number of benzene rings is 3. The van der Waals surface area contributed by atoms with Gasteiger partial charge in [0.2, 0.25) is 0 Å². The highest BCUT2D eigenvalue weighted by Gasteiger charge is 2.29. The molecule has 0 aromatic heterocycles. The Hall–Kier alpha value is -4.06. The first-order chi connectivity index (χ1) is 18.2. The van der Waals surface area contributed by atoms with Crippen LogP contribution in [0.15, 0.2) is 61.2 Å². The van der Waals surface area contributed by atoms with Crippen LogP contribution in [0.2, 0.25) is 0 Å². The molecule has 1 atom stereocenters. The van der Waals surface area contributed by atoms with Gasteiger partial charge in [-0.15, -0.1) is 0 Å². The van der Waals surface area contributed by atoms with Gasteiger partial charge in [-0.2, -0.15) is 0 Å². The third-order valence-electron chi connectivity index (χ3n) is 6.62. The van der Waals surface area contributed by atoms with Crippen LogP contribution in [0.3, 0.4) is 0 Å². The number of phenols is 2. The number of methoxy groups -OCH3 is 1. The summed E-state index contributed by atoms with van der Waals surface area (Å²) in [5.41, 5.74) is 4.59. The summed E-state index contributed by atoms with van der Waals surface area (Å²) in [5, 5.41) is 25.4.